The summed E-state index contributed by atoms with van der Waals surface area (Å²) in [5.41, 5.74) is 0. The summed E-state index contributed by atoms with van der Waals surface area (Å²) in [6.45, 7) is 6.31. The van der Waals surface area contributed by atoms with Crippen molar-refractivity contribution in [3.63, 3.8) is 0 Å². The summed E-state index contributed by atoms with van der Waals surface area (Å²) in [5.74, 6) is -0.638. The van der Waals surface area contributed by atoms with Gasteiger partial charge >= 0.3 is 11.9 Å². The predicted molar refractivity (Wildman–Crippen MR) is 102 cm³/mol. The van der Waals surface area contributed by atoms with Crippen LogP contribution in [0.1, 0.15) is 111 Å². The highest BCUT2D eigenvalue weighted by molar-refractivity contribution is 5.77. The van der Waals surface area contributed by atoms with E-state index in [0.717, 1.165) is 12.8 Å². The van der Waals surface area contributed by atoms with Gasteiger partial charge < -0.3 is 9.47 Å². The summed E-state index contributed by atoms with van der Waals surface area (Å²) < 4.78 is 10.1. The maximum Gasteiger partial charge on any atom is 0.306 e. The van der Waals surface area contributed by atoms with Crippen molar-refractivity contribution in [3.8, 4) is 0 Å². The van der Waals surface area contributed by atoms with Crippen LogP contribution in [0.25, 0.3) is 0 Å². The number of ether oxygens (including phenoxy) is 2. The Hall–Kier alpha value is -1.06. The minimum Gasteiger partial charge on any atom is -0.466 e. The monoisotopic (exact) mass is 356 g/mol. The lowest BCUT2D eigenvalue weighted by Crippen LogP contribution is -2.14. The van der Waals surface area contributed by atoms with E-state index in [1.807, 2.05) is 0 Å². The van der Waals surface area contributed by atoms with Gasteiger partial charge in [-0.05, 0) is 20.3 Å². The van der Waals surface area contributed by atoms with E-state index in [-0.39, 0.29) is 30.9 Å². The van der Waals surface area contributed by atoms with E-state index in [0.29, 0.717) is 6.61 Å². The molecule has 0 aliphatic heterocycles. The number of esters is 2. The molecule has 0 spiro atoms. The molecule has 0 atom stereocenters. The first-order valence-corrected chi connectivity index (χ1v) is 10.4. The van der Waals surface area contributed by atoms with Crippen molar-refractivity contribution in [3.05, 3.63) is 0 Å². The van der Waals surface area contributed by atoms with Crippen molar-refractivity contribution in [2.75, 3.05) is 6.61 Å². The first-order valence-electron chi connectivity index (χ1n) is 10.4. The molecule has 0 aromatic rings. The van der Waals surface area contributed by atoms with Gasteiger partial charge in [0, 0.05) is 0 Å². The molecular formula is C21H40O4. The van der Waals surface area contributed by atoms with Gasteiger partial charge in [-0.1, -0.05) is 77.6 Å². The standard InChI is InChI=1S/C21H40O4/c1-4-5-6-7-8-9-10-11-12-13-14-15-18-24-20(22)16-17-21(23)25-19(2)3/h19H,4-18H2,1-3H3. The Kier molecular flexibility index (Phi) is 17.0. The van der Waals surface area contributed by atoms with E-state index < -0.39 is 0 Å². The van der Waals surface area contributed by atoms with Gasteiger partial charge in [0.2, 0.25) is 0 Å². The summed E-state index contributed by atoms with van der Waals surface area (Å²) >= 11 is 0. The molecule has 0 unspecified atom stereocenters. The normalized spacial score (nSPS) is 10.9. The minimum atomic E-state index is -0.336. The summed E-state index contributed by atoms with van der Waals surface area (Å²) in [7, 11) is 0. The zero-order chi connectivity index (χ0) is 18.8. The number of rotatable bonds is 17. The smallest absolute Gasteiger partial charge is 0.306 e. The van der Waals surface area contributed by atoms with Crippen LogP contribution >= 0.6 is 0 Å². The molecule has 0 saturated carbocycles. The highest BCUT2D eigenvalue weighted by atomic mass is 16.5. The molecule has 0 heterocycles. The second kappa shape index (κ2) is 17.8. The summed E-state index contributed by atoms with van der Waals surface area (Å²) in [5, 5.41) is 0. The Labute approximate surface area is 155 Å². The van der Waals surface area contributed by atoms with Gasteiger partial charge in [0.15, 0.2) is 0 Å². The van der Waals surface area contributed by atoms with Crippen LogP contribution in [0.5, 0.6) is 0 Å². The molecule has 0 fully saturated rings. The van der Waals surface area contributed by atoms with Gasteiger partial charge in [0.05, 0.1) is 25.6 Å². The first-order chi connectivity index (χ1) is 12.1. The first kappa shape index (κ1) is 23.9. The van der Waals surface area contributed by atoms with Crippen LogP contribution in [0.2, 0.25) is 0 Å². The van der Waals surface area contributed by atoms with E-state index in [4.69, 9.17) is 9.47 Å². The van der Waals surface area contributed by atoms with Gasteiger partial charge in [0.1, 0.15) is 0 Å². The van der Waals surface area contributed by atoms with Crippen molar-refractivity contribution >= 4 is 11.9 Å². The van der Waals surface area contributed by atoms with Crippen molar-refractivity contribution < 1.29 is 19.1 Å². The third kappa shape index (κ3) is 19.1. The number of unbranched alkanes of at least 4 members (excludes halogenated alkanes) is 11. The lowest BCUT2D eigenvalue weighted by molar-refractivity contribution is -0.152. The molecule has 0 aromatic heterocycles. The highest BCUT2D eigenvalue weighted by Crippen LogP contribution is 2.12. The largest absolute Gasteiger partial charge is 0.466 e. The van der Waals surface area contributed by atoms with Crippen LogP contribution in [0, 0.1) is 0 Å². The SMILES string of the molecule is CCCCCCCCCCCCCCOC(=O)CCC(=O)OC(C)C. The topological polar surface area (TPSA) is 52.6 Å². The van der Waals surface area contributed by atoms with Crippen LogP contribution in [0.15, 0.2) is 0 Å². The molecule has 0 aliphatic rings. The van der Waals surface area contributed by atoms with Crippen molar-refractivity contribution in [1.82, 2.24) is 0 Å². The second-order valence-corrected chi connectivity index (χ2v) is 7.15. The molecule has 0 amide bonds. The molecule has 0 N–H and O–H groups in total. The molecule has 0 saturated heterocycles. The zero-order valence-electron chi connectivity index (χ0n) is 16.8. The van der Waals surface area contributed by atoms with Gasteiger partial charge in [-0.15, -0.1) is 0 Å². The van der Waals surface area contributed by atoms with Gasteiger partial charge in [0.25, 0.3) is 0 Å². The fourth-order valence-electron chi connectivity index (χ4n) is 2.73. The molecular weight excluding hydrogens is 316 g/mol. The Morgan fingerprint density at radius 3 is 1.60 bits per heavy atom. The van der Waals surface area contributed by atoms with Crippen LogP contribution in [0.4, 0.5) is 0 Å². The summed E-state index contributed by atoms with van der Waals surface area (Å²) in [4.78, 5) is 22.8. The molecule has 0 radical (unpaired) electrons. The fourth-order valence-corrected chi connectivity index (χ4v) is 2.73. The van der Waals surface area contributed by atoms with Crippen molar-refractivity contribution in [2.24, 2.45) is 0 Å². The number of carbonyl (C=O) groups is 2. The zero-order valence-corrected chi connectivity index (χ0v) is 16.8. The lowest BCUT2D eigenvalue weighted by Gasteiger charge is -2.08. The van der Waals surface area contributed by atoms with E-state index >= 15 is 0 Å². The highest BCUT2D eigenvalue weighted by Gasteiger charge is 2.10. The van der Waals surface area contributed by atoms with E-state index in [2.05, 4.69) is 6.92 Å². The molecule has 148 valence electrons. The lowest BCUT2D eigenvalue weighted by atomic mass is 10.1. The molecule has 25 heavy (non-hydrogen) atoms. The molecule has 0 bridgehead atoms. The van der Waals surface area contributed by atoms with E-state index in [1.165, 1.54) is 64.2 Å². The second-order valence-electron chi connectivity index (χ2n) is 7.15. The summed E-state index contributed by atoms with van der Waals surface area (Å²) in [6, 6.07) is 0. The number of carbonyl (C=O) groups excluding carboxylic acids is 2. The van der Waals surface area contributed by atoms with Crippen molar-refractivity contribution in [1.29, 1.82) is 0 Å². The quantitative estimate of drug-likeness (QED) is 0.238. The van der Waals surface area contributed by atoms with E-state index in [9.17, 15) is 9.59 Å². The molecule has 4 nitrogen and oxygen atoms in total. The summed E-state index contributed by atoms with van der Waals surface area (Å²) in [6.07, 6.45) is 15.6. The van der Waals surface area contributed by atoms with Gasteiger partial charge in [-0.2, -0.15) is 0 Å². The number of hydrogen-bond acceptors (Lipinski definition) is 4. The Balaban J connectivity index is 3.24. The van der Waals surface area contributed by atoms with Gasteiger partial charge in [-0.3, -0.25) is 9.59 Å². The van der Waals surface area contributed by atoms with Crippen molar-refractivity contribution in [2.45, 2.75) is 117 Å². The maximum absolute atomic E-state index is 11.5. The minimum absolute atomic E-state index is 0.107. The third-order valence-electron chi connectivity index (χ3n) is 4.16. The molecule has 0 aliphatic carbocycles. The Morgan fingerprint density at radius 1 is 0.680 bits per heavy atom. The molecule has 0 aromatic carbocycles. The van der Waals surface area contributed by atoms with E-state index in [1.54, 1.807) is 13.8 Å². The van der Waals surface area contributed by atoms with Crippen LogP contribution in [-0.2, 0) is 19.1 Å². The Morgan fingerprint density at radius 2 is 1.12 bits per heavy atom. The molecule has 4 heteroatoms. The third-order valence-corrected chi connectivity index (χ3v) is 4.16. The van der Waals surface area contributed by atoms with Crippen LogP contribution in [0.3, 0.4) is 0 Å². The maximum atomic E-state index is 11.5. The average molecular weight is 357 g/mol. The molecule has 0 rings (SSSR count). The predicted octanol–water partition coefficient (Wildman–Crippen LogP) is 5.96. The average Bonchev–Trinajstić information content (AvgIpc) is 2.56. The van der Waals surface area contributed by atoms with Gasteiger partial charge in [-0.25, -0.2) is 0 Å². The van der Waals surface area contributed by atoms with Crippen LogP contribution < -0.4 is 0 Å². The number of hydrogen-bond donors (Lipinski definition) is 0. The fraction of sp³-hybridized carbons (Fsp3) is 0.905. The Bertz CT molecular complexity index is 326. The van der Waals surface area contributed by atoms with Crippen LogP contribution in [-0.4, -0.2) is 24.6 Å².